The smallest absolute Gasteiger partial charge is 0.461 e. The molecule has 5 nitrogen and oxygen atoms in total. The Bertz CT molecular complexity index is 1480. The fourth-order valence-electron chi connectivity index (χ4n) is 3.85. The molecule has 0 unspecified atom stereocenters. The van der Waals surface area contributed by atoms with Crippen LogP contribution in [-0.2, 0) is 0 Å². The molecule has 0 saturated heterocycles. The highest BCUT2D eigenvalue weighted by atomic mass is 19.3. The molecule has 35 heavy (non-hydrogen) atoms. The van der Waals surface area contributed by atoms with Crippen LogP contribution in [0.1, 0.15) is 0 Å². The van der Waals surface area contributed by atoms with Crippen LogP contribution in [0.2, 0.25) is 0 Å². The Hall–Kier alpha value is -4.27. The molecule has 9 heteroatoms. The molecule has 5 rings (SSSR count). The lowest BCUT2D eigenvalue weighted by molar-refractivity contribution is -0.253. The number of alkyl halides is 4. The van der Waals surface area contributed by atoms with E-state index < -0.39 is 18.3 Å². The van der Waals surface area contributed by atoms with E-state index in [1.807, 2.05) is 54.7 Å². The van der Waals surface area contributed by atoms with E-state index in [-0.39, 0.29) is 0 Å². The molecule has 0 saturated carbocycles. The summed E-state index contributed by atoms with van der Waals surface area (Å²) in [6.07, 6.45) is -6.70. The van der Waals surface area contributed by atoms with Crippen molar-refractivity contribution in [3.63, 3.8) is 0 Å². The molecular weight excluding hydrogens is 462 g/mol. The van der Waals surface area contributed by atoms with Gasteiger partial charge >= 0.3 is 12.5 Å². The van der Waals surface area contributed by atoms with Crippen LogP contribution < -0.4 is 9.47 Å². The van der Waals surface area contributed by atoms with Crippen LogP contribution in [0, 0.1) is 0 Å². The van der Waals surface area contributed by atoms with E-state index in [9.17, 15) is 17.6 Å². The van der Waals surface area contributed by atoms with Gasteiger partial charge in [0.1, 0.15) is 17.3 Å². The number of aromatic nitrogens is 3. The van der Waals surface area contributed by atoms with Gasteiger partial charge in [0.15, 0.2) is 0 Å². The van der Waals surface area contributed by atoms with Gasteiger partial charge in [0.05, 0.1) is 18.5 Å². The van der Waals surface area contributed by atoms with E-state index in [0.717, 1.165) is 22.0 Å². The van der Waals surface area contributed by atoms with Gasteiger partial charge < -0.3 is 19.4 Å². The maximum Gasteiger partial charge on any atom is 0.461 e. The highest BCUT2D eigenvalue weighted by Crippen LogP contribution is 2.38. The van der Waals surface area contributed by atoms with Gasteiger partial charge in [-0.3, -0.25) is 0 Å². The molecule has 2 heterocycles. The average molecular weight is 481 g/mol. The second-order valence-electron chi connectivity index (χ2n) is 7.78. The predicted octanol–water partition coefficient (Wildman–Crippen LogP) is 7.14. The molecule has 0 fully saturated rings. The minimum atomic E-state index is -4.61. The summed E-state index contributed by atoms with van der Waals surface area (Å²) in [5, 5.41) is 0.964. The fourth-order valence-corrected chi connectivity index (χ4v) is 3.85. The van der Waals surface area contributed by atoms with Gasteiger partial charge in [-0.25, -0.2) is 4.98 Å². The van der Waals surface area contributed by atoms with Gasteiger partial charge in [-0.2, -0.15) is 17.6 Å². The number of methoxy groups -OCH3 is 1. The molecule has 3 aromatic carbocycles. The number of nitrogens with one attached hydrogen (secondary N) is 2. The lowest BCUT2D eigenvalue weighted by Crippen LogP contribution is -2.33. The van der Waals surface area contributed by atoms with Crippen LogP contribution in [0.4, 0.5) is 17.6 Å². The van der Waals surface area contributed by atoms with E-state index in [1.54, 1.807) is 13.2 Å². The SMILES string of the molecule is COc1ccc(-c2nc(-c3cccc(OC(F)(F)C(F)F)c3)[nH]c2-c2c[nH]c3ccccc23)cc1. The maximum atomic E-state index is 13.4. The number of benzene rings is 3. The van der Waals surface area contributed by atoms with Crippen LogP contribution >= 0.6 is 0 Å². The number of halogens is 4. The van der Waals surface area contributed by atoms with E-state index in [2.05, 4.69) is 14.7 Å². The lowest BCUT2D eigenvalue weighted by atomic mass is 10.0. The molecule has 0 aliphatic carbocycles. The second-order valence-corrected chi connectivity index (χ2v) is 7.78. The minimum absolute atomic E-state index is 0.363. The van der Waals surface area contributed by atoms with E-state index >= 15 is 0 Å². The predicted molar refractivity (Wildman–Crippen MR) is 125 cm³/mol. The number of aromatic amines is 2. The number of para-hydroxylation sites is 1. The number of imidazole rings is 1. The quantitative estimate of drug-likeness (QED) is 0.243. The Balaban J connectivity index is 1.63. The Morgan fingerprint density at radius 2 is 1.66 bits per heavy atom. The highest BCUT2D eigenvalue weighted by molar-refractivity contribution is 5.98. The van der Waals surface area contributed by atoms with Crippen molar-refractivity contribution in [3.8, 4) is 45.4 Å². The van der Waals surface area contributed by atoms with Crippen molar-refractivity contribution in [2.75, 3.05) is 7.11 Å². The van der Waals surface area contributed by atoms with Gasteiger partial charge in [0.25, 0.3) is 0 Å². The van der Waals surface area contributed by atoms with Gasteiger partial charge in [-0.05, 0) is 42.5 Å². The first-order chi connectivity index (χ1) is 16.9. The number of H-pyrrole nitrogens is 2. The van der Waals surface area contributed by atoms with Crippen molar-refractivity contribution in [2.45, 2.75) is 12.5 Å². The highest BCUT2D eigenvalue weighted by Gasteiger charge is 2.44. The van der Waals surface area contributed by atoms with E-state index in [1.165, 1.54) is 18.2 Å². The first-order valence-electron chi connectivity index (χ1n) is 10.6. The number of rotatable bonds is 7. The third-order valence-corrected chi connectivity index (χ3v) is 5.54. The zero-order valence-electron chi connectivity index (χ0n) is 18.4. The third kappa shape index (κ3) is 4.32. The molecule has 0 amide bonds. The Morgan fingerprint density at radius 3 is 2.40 bits per heavy atom. The van der Waals surface area contributed by atoms with Gasteiger partial charge in [0, 0.05) is 33.8 Å². The van der Waals surface area contributed by atoms with Crippen LogP contribution in [0.25, 0.3) is 44.8 Å². The van der Waals surface area contributed by atoms with Crippen molar-refractivity contribution in [1.29, 1.82) is 0 Å². The van der Waals surface area contributed by atoms with Crippen LogP contribution in [-0.4, -0.2) is 34.6 Å². The number of ether oxygens (including phenoxy) is 2. The third-order valence-electron chi connectivity index (χ3n) is 5.54. The summed E-state index contributed by atoms with van der Waals surface area (Å²) in [6, 6.07) is 20.6. The van der Waals surface area contributed by atoms with Gasteiger partial charge in [-0.15, -0.1) is 0 Å². The molecule has 2 aromatic heterocycles. The number of fused-ring (bicyclic) bond motifs is 1. The summed E-state index contributed by atoms with van der Waals surface area (Å²) in [4.78, 5) is 11.3. The Morgan fingerprint density at radius 1 is 0.886 bits per heavy atom. The molecule has 0 aliphatic heterocycles. The molecule has 0 bridgehead atoms. The normalized spacial score (nSPS) is 11.8. The molecule has 2 N–H and O–H groups in total. The minimum Gasteiger partial charge on any atom is -0.497 e. The molecule has 0 spiro atoms. The first kappa shape index (κ1) is 22.5. The van der Waals surface area contributed by atoms with Crippen LogP contribution in [0.15, 0.2) is 79.0 Å². The second kappa shape index (κ2) is 8.83. The molecule has 178 valence electrons. The monoisotopic (exact) mass is 481 g/mol. The van der Waals surface area contributed by atoms with Gasteiger partial charge in [0.2, 0.25) is 0 Å². The van der Waals surface area contributed by atoms with E-state index in [4.69, 9.17) is 9.72 Å². The average Bonchev–Trinajstić information content (AvgIpc) is 3.48. The Kier molecular flexibility index (Phi) is 5.68. The molecule has 0 atom stereocenters. The van der Waals surface area contributed by atoms with Crippen LogP contribution in [0.5, 0.6) is 11.5 Å². The Labute approximate surface area is 197 Å². The number of nitrogens with zero attached hydrogens (tertiary/aromatic N) is 1. The standard InChI is InChI=1S/C26H19F4N3O2/c1-34-17-11-9-15(10-12-17)22-23(20-14-31-21-8-3-2-7-19(20)21)33-24(32-22)16-5-4-6-18(13-16)35-26(29,30)25(27)28/h2-14,25,31H,1H3,(H,32,33). The summed E-state index contributed by atoms with van der Waals surface area (Å²) < 4.78 is 61.6. The number of hydrogen-bond donors (Lipinski definition) is 2. The van der Waals surface area contributed by atoms with Crippen molar-refractivity contribution >= 4 is 10.9 Å². The molecule has 0 radical (unpaired) electrons. The first-order valence-corrected chi connectivity index (χ1v) is 10.6. The summed E-state index contributed by atoms with van der Waals surface area (Å²) in [5.41, 5.74) is 4.31. The molecule has 5 aromatic rings. The largest absolute Gasteiger partial charge is 0.497 e. The zero-order valence-corrected chi connectivity index (χ0v) is 18.4. The molecule has 0 aliphatic rings. The molecular formula is C26H19F4N3O2. The van der Waals surface area contributed by atoms with E-state index in [0.29, 0.717) is 28.5 Å². The summed E-state index contributed by atoms with van der Waals surface area (Å²) >= 11 is 0. The van der Waals surface area contributed by atoms with Crippen molar-refractivity contribution in [1.82, 2.24) is 15.0 Å². The van der Waals surface area contributed by atoms with Crippen molar-refractivity contribution in [3.05, 3.63) is 79.0 Å². The lowest BCUT2D eigenvalue weighted by Gasteiger charge is -2.16. The fraction of sp³-hybridized carbons (Fsp3) is 0.115. The maximum absolute atomic E-state index is 13.4. The summed E-state index contributed by atoms with van der Waals surface area (Å²) in [6.45, 7) is 0. The van der Waals surface area contributed by atoms with Crippen molar-refractivity contribution in [2.24, 2.45) is 0 Å². The zero-order chi connectivity index (χ0) is 24.6. The van der Waals surface area contributed by atoms with Gasteiger partial charge in [-0.1, -0.05) is 30.3 Å². The summed E-state index contributed by atoms with van der Waals surface area (Å²) in [7, 11) is 1.58. The summed E-state index contributed by atoms with van der Waals surface area (Å²) in [5.74, 6) is 0.647. The number of hydrogen-bond acceptors (Lipinski definition) is 3. The van der Waals surface area contributed by atoms with Crippen molar-refractivity contribution < 1.29 is 27.0 Å². The topological polar surface area (TPSA) is 62.9 Å². The van der Waals surface area contributed by atoms with Crippen LogP contribution in [0.3, 0.4) is 0 Å².